The predicted molar refractivity (Wildman–Crippen MR) is 32.4 cm³/mol. The summed E-state index contributed by atoms with van der Waals surface area (Å²) >= 11 is 0. The molecule has 0 heterocycles. The van der Waals surface area contributed by atoms with Gasteiger partial charge in [-0.1, -0.05) is 0 Å². The Morgan fingerprint density at radius 3 is 1.70 bits per heavy atom. The normalized spacial score (nSPS) is 15.8. The van der Waals surface area contributed by atoms with Crippen molar-refractivity contribution >= 4 is 11.8 Å². The lowest BCUT2D eigenvalue weighted by Gasteiger charge is -2.10. The van der Waals surface area contributed by atoms with Crippen molar-refractivity contribution in [3.05, 3.63) is 0 Å². The zero-order valence-corrected chi connectivity index (χ0v) is 5.15. The van der Waals surface area contributed by atoms with Gasteiger partial charge < -0.3 is 22.3 Å². The van der Waals surface area contributed by atoms with Crippen LogP contribution in [0.1, 0.15) is 0 Å². The molecular formula is C4H9N3O3. The van der Waals surface area contributed by atoms with E-state index in [0.717, 1.165) is 0 Å². The van der Waals surface area contributed by atoms with Crippen LogP contribution in [0.2, 0.25) is 0 Å². The molecule has 0 aromatic carbocycles. The molecule has 0 bridgehead atoms. The molecule has 1 unspecified atom stereocenters. The molecule has 2 atom stereocenters. The average molecular weight is 147 g/mol. The third kappa shape index (κ3) is 2.00. The summed E-state index contributed by atoms with van der Waals surface area (Å²) in [6.45, 7) is 0. The molecule has 0 aliphatic rings. The maximum Gasteiger partial charge on any atom is 0.248 e. The van der Waals surface area contributed by atoms with Crippen molar-refractivity contribution in [2.24, 2.45) is 17.2 Å². The quantitative estimate of drug-likeness (QED) is 0.332. The number of rotatable bonds is 3. The predicted octanol–water partition coefficient (Wildman–Crippen LogP) is -3.35. The van der Waals surface area contributed by atoms with E-state index < -0.39 is 24.0 Å². The second-order valence-electron chi connectivity index (χ2n) is 1.78. The highest BCUT2D eigenvalue weighted by atomic mass is 16.3. The first kappa shape index (κ1) is 8.86. The van der Waals surface area contributed by atoms with Crippen LogP contribution in [-0.4, -0.2) is 29.1 Å². The first-order valence-electron chi connectivity index (χ1n) is 2.49. The van der Waals surface area contributed by atoms with Gasteiger partial charge in [0.25, 0.3) is 0 Å². The van der Waals surface area contributed by atoms with Crippen molar-refractivity contribution in [2.75, 3.05) is 0 Å². The number of nitrogens with two attached hydrogens (primary N) is 3. The van der Waals surface area contributed by atoms with E-state index in [2.05, 4.69) is 11.5 Å². The van der Waals surface area contributed by atoms with Gasteiger partial charge in [0.05, 0.1) is 0 Å². The molecule has 6 heteroatoms. The zero-order chi connectivity index (χ0) is 8.31. The topological polar surface area (TPSA) is 132 Å². The van der Waals surface area contributed by atoms with Crippen molar-refractivity contribution < 1.29 is 14.7 Å². The number of carbonyl (C=O) groups is 2. The molecule has 0 fully saturated rings. The number of carbonyl (C=O) groups excluding carboxylic acids is 2. The summed E-state index contributed by atoms with van der Waals surface area (Å²) in [6, 6.07) is -1.42. The molecule has 0 aromatic heterocycles. The monoisotopic (exact) mass is 147 g/mol. The van der Waals surface area contributed by atoms with E-state index in [1.165, 1.54) is 0 Å². The standard InChI is InChI=1S/C4H9N3O3/c5-1(3(6)9)2(8)4(7)10/h1-2,8H,5H2,(H2,6,9)(H2,7,10)/t1-,2?/m0/s1. The van der Waals surface area contributed by atoms with Gasteiger partial charge in [-0.3, -0.25) is 9.59 Å². The molecule has 7 N–H and O–H groups in total. The van der Waals surface area contributed by atoms with Crippen LogP contribution in [0, 0.1) is 0 Å². The van der Waals surface area contributed by atoms with Crippen LogP contribution in [0.4, 0.5) is 0 Å². The maximum absolute atomic E-state index is 10.2. The SMILES string of the molecule is NC(=O)C(O)[C@H](N)C(N)=O. The molecule has 0 saturated carbocycles. The lowest BCUT2D eigenvalue weighted by molar-refractivity contribution is -0.132. The van der Waals surface area contributed by atoms with Gasteiger partial charge in [-0.05, 0) is 0 Å². The van der Waals surface area contributed by atoms with E-state index in [1.54, 1.807) is 0 Å². The van der Waals surface area contributed by atoms with Crippen molar-refractivity contribution in [2.45, 2.75) is 12.1 Å². The Bertz CT molecular complexity index is 140. The van der Waals surface area contributed by atoms with Gasteiger partial charge in [0.2, 0.25) is 11.8 Å². The molecule has 6 nitrogen and oxygen atoms in total. The number of amides is 2. The van der Waals surface area contributed by atoms with E-state index in [0.29, 0.717) is 0 Å². The Hall–Kier alpha value is -1.14. The highest BCUT2D eigenvalue weighted by molar-refractivity contribution is 5.89. The van der Waals surface area contributed by atoms with Gasteiger partial charge in [-0.15, -0.1) is 0 Å². The summed E-state index contributed by atoms with van der Waals surface area (Å²) in [5.74, 6) is -2.03. The van der Waals surface area contributed by atoms with Gasteiger partial charge in [0.15, 0.2) is 6.10 Å². The summed E-state index contributed by atoms with van der Waals surface area (Å²) in [5, 5.41) is 8.67. The molecule has 0 saturated heterocycles. The molecule has 58 valence electrons. The first-order valence-corrected chi connectivity index (χ1v) is 2.49. The third-order valence-electron chi connectivity index (χ3n) is 0.960. The van der Waals surface area contributed by atoms with Gasteiger partial charge in [-0.25, -0.2) is 0 Å². The minimum atomic E-state index is -1.70. The largest absolute Gasteiger partial charge is 0.381 e. The molecule has 2 amide bonds. The first-order chi connectivity index (χ1) is 4.46. The van der Waals surface area contributed by atoms with Crippen LogP contribution < -0.4 is 17.2 Å². The Morgan fingerprint density at radius 1 is 1.20 bits per heavy atom. The van der Waals surface area contributed by atoms with Gasteiger partial charge >= 0.3 is 0 Å². The fourth-order valence-corrected chi connectivity index (χ4v) is 0.333. The molecule has 0 aliphatic carbocycles. The lowest BCUT2D eigenvalue weighted by atomic mass is 10.1. The molecule has 0 spiro atoms. The Labute approximate surface area is 57.0 Å². The van der Waals surface area contributed by atoms with Crippen molar-refractivity contribution in [3.63, 3.8) is 0 Å². The van der Waals surface area contributed by atoms with E-state index in [9.17, 15) is 9.59 Å². The molecule has 0 aliphatic heterocycles. The number of primary amides is 2. The van der Waals surface area contributed by atoms with E-state index in [-0.39, 0.29) is 0 Å². The lowest BCUT2D eigenvalue weighted by Crippen LogP contribution is -2.51. The zero-order valence-electron chi connectivity index (χ0n) is 5.15. The summed E-state index contributed by atoms with van der Waals surface area (Å²) in [5.41, 5.74) is 14.2. The Balaban J connectivity index is 4.07. The van der Waals surface area contributed by atoms with Gasteiger partial charge in [-0.2, -0.15) is 0 Å². The summed E-state index contributed by atoms with van der Waals surface area (Å²) in [6.07, 6.45) is -1.70. The number of hydrogen-bond donors (Lipinski definition) is 4. The van der Waals surface area contributed by atoms with Crippen molar-refractivity contribution in [3.8, 4) is 0 Å². The number of aliphatic hydroxyl groups is 1. The third-order valence-corrected chi connectivity index (χ3v) is 0.960. The summed E-state index contributed by atoms with van der Waals surface area (Å²) in [7, 11) is 0. The van der Waals surface area contributed by atoms with Crippen LogP contribution in [0.15, 0.2) is 0 Å². The average Bonchev–Trinajstić information content (AvgIpc) is 1.84. The fraction of sp³-hybridized carbons (Fsp3) is 0.500. The summed E-state index contributed by atoms with van der Waals surface area (Å²) < 4.78 is 0. The van der Waals surface area contributed by atoms with Crippen LogP contribution in [0.25, 0.3) is 0 Å². The molecular weight excluding hydrogens is 138 g/mol. The van der Waals surface area contributed by atoms with Crippen LogP contribution in [0.3, 0.4) is 0 Å². The number of aliphatic hydroxyl groups excluding tert-OH is 1. The van der Waals surface area contributed by atoms with E-state index in [1.807, 2.05) is 0 Å². The Kier molecular flexibility index (Phi) is 2.78. The Morgan fingerprint density at radius 2 is 1.60 bits per heavy atom. The minimum absolute atomic E-state index is 0.966. The molecule has 0 rings (SSSR count). The molecule has 10 heavy (non-hydrogen) atoms. The molecule has 0 aromatic rings. The smallest absolute Gasteiger partial charge is 0.248 e. The van der Waals surface area contributed by atoms with Crippen molar-refractivity contribution in [1.82, 2.24) is 0 Å². The second kappa shape index (κ2) is 3.14. The highest BCUT2D eigenvalue weighted by Gasteiger charge is 2.24. The summed E-state index contributed by atoms with van der Waals surface area (Å²) in [4.78, 5) is 20.3. The fourth-order valence-electron chi connectivity index (χ4n) is 0.333. The molecule has 0 radical (unpaired) electrons. The van der Waals surface area contributed by atoms with Crippen LogP contribution in [-0.2, 0) is 9.59 Å². The van der Waals surface area contributed by atoms with Crippen LogP contribution >= 0.6 is 0 Å². The minimum Gasteiger partial charge on any atom is -0.381 e. The van der Waals surface area contributed by atoms with Gasteiger partial charge in [0.1, 0.15) is 6.04 Å². The highest BCUT2D eigenvalue weighted by Crippen LogP contribution is 1.86. The maximum atomic E-state index is 10.2. The van der Waals surface area contributed by atoms with Crippen LogP contribution in [0.5, 0.6) is 0 Å². The van der Waals surface area contributed by atoms with Gasteiger partial charge in [0, 0.05) is 0 Å². The van der Waals surface area contributed by atoms with E-state index >= 15 is 0 Å². The van der Waals surface area contributed by atoms with Crippen molar-refractivity contribution in [1.29, 1.82) is 0 Å². The van der Waals surface area contributed by atoms with E-state index in [4.69, 9.17) is 10.8 Å². The number of hydrogen-bond acceptors (Lipinski definition) is 4. The second-order valence-corrected chi connectivity index (χ2v) is 1.78.